The number of hydrogen-bond donors (Lipinski definition) is 1. The molecule has 0 aliphatic rings. The third-order valence-electron chi connectivity index (χ3n) is 2.13. The predicted octanol–water partition coefficient (Wildman–Crippen LogP) is 1.89. The van der Waals surface area contributed by atoms with E-state index in [1.54, 1.807) is 10.9 Å². The lowest BCUT2D eigenvalue weighted by Gasteiger charge is -2.09. The van der Waals surface area contributed by atoms with Gasteiger partial charge in [-0.1, -0.05) is 13.8 Å². The minimum atomic E-state index is -0.351. The average molecular weight is 182 g/mol. The van der Waals surface area contributed by atoms with E-state index in [1.807, 2.05) is 13.2 Å². The van der Waals surface area contributed by atoms with Gasteiger partial charge in [0.15, 0.2) is 0 Å². The standard InChI is InChI=1S/C10H18N2O/c1-8(2)4-5-10(13)9-6-11-12(3)7-9/h6-8,10,13H,4-5H2,1-3H3. The maximum Gasteiger partial charge on any atom is 0.0820 e. The van der Waals surface area contributed by atoms with E-state index < -0.39 is 0 Å². The molecule has 1 heterocycles. The van der Waals surface area contributed by atoms with Crippen molar-refractivity contribution in [2.24, 2.45) is 13.0 Å². The van der Waals surface area contributed by atoms with Gasteiger partial charge in [0.1, 0.15) is 0 Å². The number of hydrogen-bond acceptors (Lipinski definition) is 2. The molecule has 3 nitrogen and oxygen atoms in total. The molecule has 1 rings (SSSR count). The molecule has 3 heteroatoms. The van der Waals surface area contributed by atoms with Gasteiger partial charge in [-0.25, -0.2) is 0 Å². The maximum absolute atomic E-state index is 9.73. The Morgan fingerprint density at radius 1 is 1.46 bits per heavy atom. The van der Waals surface area contributed by atoms with Crippen molar-refractivity contribution in [2.75, 3.05) is 0 Å². The van der Waals surface area contributed by atoms with Crippen molar-refractivity contribution in [1.29, 1.82) is 0 Å². The molecule has 0 amide bonds. The van der Waals surface area contributed by atoms with E-state index in [2.05, 4.69) is 18.9 Å². The normalized spacial score (nSPS) is 13.6. The molecule has 0 fully saturated rings. The molecule has 0 saturated heterocycles. The molecule has 1 N–H and O–H groups in total. The Morgan fingerprint density at radius 2 is 2.15 bits per heavy atom. The molecule has 74 valence electrons. The van der Waals surface area contributed by atoms with Crippen molar-refractivity contribution in [3.05, 3.63) is 18.0 Å². The summed E-state index contributed by atoms with van der Waals surface area (Å²) in [5.74, 6) is 0.645. The first-order valence-corrected chi connectivity index (χ1v) is 4.76. The van der Waals surface area contributed by atoms with Gasteiger partial charge in [0.2, 0.25) is 0 Å². The van der Waals surface area contributed by atoms with Gasteiger partial charge in [0, 0.05) is 18.8 Å². The molecule has 0 bridgehead atoms. The monoisotopic (exact) mass is 182 g/mol. The van der Waals surface area contributed by atoms with Crippen molar-refractivity contribution in [3.8, 4) is 0 Å². The van der Waals surface area contributed by atoms with E-state index in [1.165, 1.54) is 0 Å². The van der Waals surface area contributed by atoms with Crippen molar-refractivity contribution in [1.82, 2.24) is 9.78 Å². The third kappa shape index (κ3) is 3.19. The van der Waals surface area contributed by atoms with Crippen LogP contribution in [-0.4, -0.2) is 14.9 Å². The van der Waals surface area contributed by atoms with Gasteiger partial charge in [-0.15, -0.1) is 0 Å². The Hall–Kier alpha value is -0.830. The van der Waals surface area contributed by atoms with Crippen LogP contribution >= 0.6 is 0 Å². The third-order valence-corrected chi connectivity index (χ3v) is 2.13. The Kier molecular flexibility index (Phi) is 3.48. The average Bonchev–Trinajstić information content (AvgIpc) is 2.47. The van der Waals surface area contributed by atoms with Crippen LogP contribution in [0.25, 0.3) is 0 Å². The summed E-state index contributed by atoms with van der Waals surface area (Å²) in [6.07, 6.45) is 5.12. The van der Waals surface area contributed by atoms with E-state index in [0.717, 1.165) is 18.4 Å². The number of aryl methyl sites for hydroxylation is 1. The lowest BCUT2D eigenvalue weighted by atomic mass is 10.0. The Balaban J connectivity index is 2.44. The number of nitrogens with zero attached hydrogens (tertiary/aromatic N) is 2. The molecule has 1 aromatic heterocycles. The van der Waals surface area contributed by atoms with Gasteiger partial charge in [-0.05, 0) is 18.8 Å². The van der Waals surface area contributed by atoms with Crippen LogP contribution in [0.4, 0.5) is 0 Å². The van der Waals surface area contributed by atoms with Crippen LogP contribution in [0.1, 0.15) is 38.4 Å². The summed E-state index contributed by atoms with van der Waals surface area (Å²) in [7, 11) is 1.86. The van der Waals surface area contributed by atoms with Crippen LogP contribution in [0.2, 0.25) is 0 Å². The number of aliphatic hydroxyl groups is 1. The Bertz CT molecular complexity index is 255. The smallest absolute Gasteiger partial charge is 0.0820 e. The number of aliphatic hydroxyl groups excluding tert-OH is 1. The minimum absolute atomic E-state index is 0.351. The summed E-state index contributed by atoms with van der Waals surface area (Å²) in [4.78, 5) is 0. The van der Waals surface area contributed by atoms with E-state index >= 15 is 0 Å². The van der Waals surface area contributed by atoms with Crippen LogP contribution in [0, 0.1) is 5.92 Å². The summed E-state index contributed by atoms with van der Waals surface area (Å²) in [5.41, 5.74) is 0.920. The van der Waals surface area contributed by atoms with Crippen molar-refractivity contribution >= 4 is 0 Å². The zero-order valence-electron chi connectivity index (χ0n) is 8.57. The molecule has 0 aliphatic heterocycles. The Labute approximate surface area is 79.4 Å². The molecule has 13 heavy (non-hydrogen) atoms. The highest BCUT2D eigenvalue weighted by Crippen LogP contribution is 2.19. The quantitative estimate of drug-likeness (QED) is 0.772. The van der Waals surface area contributed by atoms with Gasteiger partial charge in [-0.3, -0.25) is 4.68 Å². The predicted molar refractivity (Wildman–Crippen MR) is 52.2 cm³/mol. The van der Waals surface area contributed by atoms with Crippen molar-refractivity contribution in [2.45, 2.75) is 32.8 Å². The van der Waals surface area contributed by atoms with Gasteiger partial charge in [-0.2, -0.15) is 5.10 Å². The van der Waals surface area contributed by atoms with Gasteiger partial charge in [0.05, 0.1) is 12.3 Å². The first-order chi connectivity index (χ1) is 6.09. The molecule has 0 saturated carbocycles. The number of rotatable bonds is 4. The highest BCUT2D eigenvalue weighted by molar-refractivity contribution is 5.07. The summed E-state index contributed by atoms with van der Waals surface area (Å²) >= 11 is 0. The molecule has 0 aliphatic carbocycles. The van der Waals surface area contributed by atoms with E-state index in [9.17, 15) is 5.11 Å². The maximum atomic E-state index is 9.73. The van der Waals surface area contributed by atoms with Crippen LogP contribution in [0.15, 0.2) is 12.4 Å². The van der Waals surface area contributed by atoms with Gasteiger partial charge >= 0.3 is 0 Å². The van der Waals surface area contributed by atoms with E-state index in [-0.39, 0.29) is 6.10 Å². The molecule has 0 spiro atoms. The molecule has 1 aromatic rings. The van der Waals surface area contributed by atoms with E-state index in [4.69, 9.17) is 0 Å². The Morgan fingerprint density at radius 3 is 2.62 bits per heavy atom. The lowest BCUT2D eigenvalue weighted by molar-refractivity contribution is 0.159. The molecular formula is C10H18N2O. The fourth-order valence-electron chi connectivity index (χ4n) is 1.27. The minimum Gasteiger partial charge on any atom is -0.388 e. The van der Waals surface area contributed by atoms with E-state index in [0.29, 0.717) is 5.92 Å². The molecule has 0 aromatic carbocycles. The summed E-state index contributed by atoms with van der Waals surface area (Å²) in [6.45, 7) is 4.33. The van der Waals surface area contributed by atoms with Gasteiger partial charge < -0.3 is 5.11 Å². The van der Waals surface area contributed by atoms with Crippen LogP contribution in [-0.2, 0) is 7.05 Å². The first-order valence-electron chi connectivity index (χ1n) is 4.76. The fourth-order valence-corrected chi connectivity index (χ4v) is 1.27. The topological polar surface area (TPSA) is 38.1 Å². The lowest BCUT2D eigenvalue weighted by Crippen LogP contribution is -1.98. The fraction of sp³-hybridized carbons (Fsp3) is 0.700. The SMILES string of the molecule is CC(C)CCC(O)c1cnn(C)c1. The summed E-state index contributed by atoms with van der Waals surface area (Å²) in [6, 6.07) is 0. The highest BCUT2D eigenvalue weighted by Gasteiger charge is 2.09. The molecule has 1 unspecified atom stereocenters. The van der Waals surface area contributed by atoms with Crippen LogP contribution in [0.5, 0.6) is 0 Å². The van der Waals surface area contributed by atoms with Crippen LogP contribution in [0.3, 0.4) is 0 Å². The zero-order chi connectivity index (χ0) is 9.84. The molecule has 0 radical (unpaired) electrons. The highest BCUT2D eigenvalue weighted by atomic mass is 16.3. The second-order valence-corrected chi connectivity index (χ2v) is 3.93. The van der Waals surface area contributed by atoms with Gasteiger partial charge in [0.25, 0.3) is 0 Å². The van der Waals surface area contributed by atoms with Crippen molar-refractivity contribution in [3.63, 3.8) is 0 Å². The zero-order valence-corrected chi connectivity index (χ0v) is 8.57. The summed E-state index contributed by atoms with van der Waals surface area (Å²) in [5, 5.41) is 13.8. The summed E-state index contributed by atoms with van der Waals surface area (Å²) < 4.78 is 1.72. The van der Waals surface area contributed by atoms with Crippen molar-refractivity contribution < 1.29 is 5.11 Å². The second-order valence-electron chi connectivity index (χ2n) is 3.93. The van der Waals surface area contributed by atoms with Crippen LogP contribution < -0.4 is 0 Å². The molecular weight excluding hydrogens is 164 g/mol. The largest absolute Gasteiger partial charge is 0.388 e. The molecule has 1 atom stereocenters. The number of aromatic nitrogens is 2. The second kappa shape index (κ2) is 4.42. The first kappa shape index (κ1) is 10.3.